The summed E-state index contributed by atoms with van der Waals surface area (Å²) < 4.78 is 27.5. The summed E-state index contributed by atoms with van der Waals surface area (Å²) in [5.74, 6) is -1.51. The highest BCUT2D eigenvalue weighted by Crippen LogP contribution is 2.47. The molecule has 2 aromatic rings. The summed E-state index contributed by atoms with van der Waals surface area (Å²) in [7, 11) is 0. The number of halogens is 2. The zero-order valence-corrected chi connectivity index (χ0v) is 17.4. The Labute approximate surface area is 173 Å². The van der Waals surface area contributed by atoms with Gasteiger partial charge in [0.25, 0.3) is 0 Å². The van der Waals surface area contributed by atoms with Crippen LogP contribution in [0.3, 0.4) is 0 Å². The number of rotatable bonds is 9. The third-order valence-electron chi connectivity index (χ3n) is 6.65. The van der Waals surface area contributed by atoms with Gasteiger partial charge in [-0.3, -0.25) is 4.90 Å². The predicted molar refractivity (Wildman–Crippen MR) is 112 cm³/mol. The van der Waals surface area contributed by atoms with E-state index in [0.29, 0.717) is 18.0 Å². The number of nitrogens with zero attached hydrogens (tertiary/aromatic N) is 2. The molecule has 0 amide bonds. The van der Waals surface area contributed by atoms with Gasteiger partial charge in [-0.25, -0.2) is 8.78 Å². The summed E-state index contributed by atoms with van der Waals surface area (Å²) in [6.45, 7) is 6.13. The second kappa shape index (κ2) is 9.50. The molecule has 2 atom stereocenters. The smallest absolute Gasteiger partial charge is 0.159 e. The molecule has 2 unspecified atom stereocenters. The maximum absolute atomic E-state index is 14.0. The van der Waals surface area contributed by atoms with Gasteiger partial charge in [-0.1, -0.05) is 49.7 Å². The van der Waals surface area contributed by atoms with Crippen LogP contribution in [0.1, 0.15) is 57.1 Å². The summed E-state index contributed by atoms with van der Waals surface area (Å²) in [5.41, 5.74) is 1.15. The SMILES string of the molecule is CCN(Cc1ccccc1)C(C)CCC(C#N)(c1ccc(F)c(F)c1)C1CCC1. The molecule has 29 heavy (non-hydrogen) atoms. The van der Waals surface area contributed by atoms with Crippen LogP contribution in [0.2, 0.25) is 0 Å². The van der Waals surface area contributed by atoms with E-state index in [1.54, 1.807) is 6.07 Å². The Morgan fingerprint density at radius 2 is 1.86 bits per heavy atom. The molecule has 1 fully saturated rings. The highest BCUT2D eigenvalue weighted by atomic mass is 19.2. The molecular weight excluding hydrogens is 366 g/mol. The normalized spacial score (nSPS) is 17.4. The molecule has 3 rings (SSSR count). The third-order valence-corrected chi connectivity index (χ3v) is 6.65. The lowest BCUT2D eigenvalue weighted by molar-refractivity contribution is 0.157. The fourth-order valence-electron chi connectivity index (χ4n) is 4.49. The van der Waals surface area contributed by atoms with E-state index in [1.807, 2.05) is 18.2 Å². The minimum Gasteiger partial charge on any atom is -0.297 e. The molecule has 0 aromatic heterocycles. The van der Waals surface area contributed by atoms with E-state index in [-0.39, 0.29) is 5.92 Å². The van der Waals surface area contributed by atoms with Gasteiger partial charge in [0, 0.05) is 12.6 Å². The molecule has 4 heteroatoms. The van der Waals surface area contributed by atoms with Crippen LogP contribution in [0.4, 0.5) is 8.78 Å². The van der Waals surface area contributed by atoms with Crippen molar-refractivity contribution in [3.8, 4) is 6.07 Å². The van der Waals surface area contributed by atoms with E-state index in [2.05, 4.69) is 36.9 Å². The number of nitriles is 1. The summed E-state index contributed by atoms with van der Waals surface area (Å²) in [6, 6.07) is 17.2. The average Bonchev–Trinajstić information content (AvgIpc) is 2.70. The molecule has 2 aromatic carbocycles. The van der Waals surface area contributed by atoms with Gasteiger partial charge in [0.15, 0.2) is 11.6 Å². The van der Waals surface area contributed by atoms with Crippen molar-refractivity contribution in [2.45, 2.75) is 64.0 Å². The molecular formula is C25H30F2N2. The van der Waals surface area contributed by atoms with Crippen LogP contribution in [-0.2, 0) is 12.0 Å². The molecule has 0 bridgehead atoms. The van der Waals surface area contributed by atoms with Crippen LogP contribution >= 0.6 is 0 Å². The zero-order chi connectivity index (χ0) is 20.9. The fourth-order valence-corrected chi connectivity index (χ4v) is 4.49. The lowest BCUT2D eigenvalue weighted by Gasteiger charge is -2.42. The molecule has 0 radical (unpaired) electrons. The summed E-state index contributed by atoms with van der Waals surface area (Å²) in [5, 5.41) is 10.2. The lowest BCUT2D eigenvalue weighted by atomic mass is 9.60. The Morgan fingerprint density at radius 1 is 1.14 bits per heavy atom. The molecule has 0 saturated heterocycles. The number of hydrogen-bond acceptors (Lipinski definition) is 2. The Balaban J connectivity index is 1.77. The second-order valence-electron chi connectivity index (χ2n) is 8.28. The van der Waals surface area contributed by atoms with Gasteiger partial charge in [0.05, 0.1) is 11.5 Å². The van der Waals surface area contributed by atoms with Crippen LogP contribution in [-0.4, -0.2) is 17.5 Å². The van der Waals surface area contributed by atoms with E-state index >= 15 is 0 Å². The monoisotopic (exact) mass is 396 g/mol. The highest BCUT2D eigenvalue weighted by Gasteiger charge is 2.44. The van der Waals surface area contributed by atoms with E-state index in [1.165, 1.54) is 11.6 Å². The van der Waals surface area contributed by atoms with Crippen molar-refractivity contribution < 1.29 is 8.78 Å². The molecule has 2 nitrogen and oxygen atoms in total. The van der Waals surface area contributed by atoms with Crippen LogP contribution in [0.25, 0.3) is 0 Å². The van der Waals surface area contributed by atoms with Crippen LogP contribution in [0.5, 0.6) is 0 Å². The summed E-state index contributed by atoms with van der Waals surface area (Å²) in [6.07, 6.45) is 4.54. The maximum atomic E-state index is 14.0. The molecule has 154 valence electrons. The number of hydrogen-bond donors (Lipinski definition) is 0. The summed E-state index contributed by atoms with van der Waals surface area (Å²) in [4.78, 5) is 2.41. The van der Waals surface area contributed by atoms with Crippen molar-refractivity contribution in [3.63, 3.8) is 0 Å². The predicted octanol–water partition coefficient (Wildman–Crippen LogP) is 6.22. The van der Waals surface area contributed by atoms with E-state index < -0.39 is 17.0 Å². The van der Waals surface area contributed by atoms with E-state index in [4.69, 9.17) is 0 Å². The van der Waals surface area contributed by atoms with Gasteiger partial charge >= 0.3 is 0 Å². The Kier molecular flexibility index (Phi) is 7.03. The Bertz CT molecular complexity index is 842. The lowest BCUT2D eigenvalue weighted by Crippen LogP contribution is -2.40. The van der Waals surface area contributed by atoms with Gasteiger partial charge in [-0.15, -0.1) is 0 Å². The van der Waals surface area contributed by atoms with Gasteiger partial charge < -0.3 is 0 Å². The minimum atomic E-state index is -0.867. The minimum absolute atomic E-state index is 0.216. The Hall–Kier alpha value is -2.25. The largest absolute Gasteiger partial charge is 0.297 e. The summed E-state index contributed by atoms with van der Waals surface area (Å²) >= 11 is 0. The van der Waals surface area contributed by atoms with Gasteiger partial charge in [0.2, 0.25) is 0 Å². The van der Waals surface area contributed by atoms with Gasteiger partial charge in [-0.2, -0.15) is 5.26 Å². The quantitative estimate of drug-likeness (QED) is 0.503. The van der Waals surface area contributed by atoms with Crippen molar-refractivity contribution in [2.24, 2.45) is 5.92 Å². The van der Waals surface area contributed by atoms with E-state index in [9.17, 15) is 14.0 Å². The standard InChI is InChI=1S/C25H30F2N2/c1-3-29(17-20-8-5-4-6-9-20)19(2)14-15-25(18-28,21-10-7-11-21)22-12-13-23(26)24(27)16-22/h4-6,8-9,12-13,16,19,21H,3,7,10-11,14-15,17H2,1-2H3. The fraction of sp³-hybridized carbons (Fsp3) is 0.480. The maximum Gasteiger partial charge on any atom is 0.159 e. The van der Waals surface area contributed by atoms with Crippen LogP contribution < -0.4 is 0 Å². The van der Waals surface area contributed by atoms with Crippen molar-refractivity contribution in [1.82, 2.24) is 4.90 Å². The molecule has 1 aliphatic carbocycles. The first-order valence-electron chi connectivity index (χ1n) is 10.6. The topological polar surface area (TPSA) is 27.0 Å². The van der Waals surface area contributed by atoms with E-state index in [0.717, 1.165) is 44.8 Å². The Morgan fingerprint density at radius 3 is 2.41 bits per heavy atom. The highest BCUT2D eigenvalue weighted by molar-refractivity contribution is 5.35. The van der Waals surface area contributed by atoms with Gasteiger partial charge in [-0.05, 0) is 68.3 Å². The first kappa shape index (κ1) is 21.5. The van der Waals surface area contributed by atoms with Crippen molar-refractivity contribution >= 4 is 0 Å². The van der Waals surface area contributed by atoms with Crippen molar-refractivity contribution in [1.29, 1.82) is 5.26 Å². The molecule has 1 aliphatic rings. The average molecular weight is 397 g/mol. The van der Waals surface area contributed by atoms with Crippen LogP contribution in [0, 0.1) is 28.9 Å². The molecule has 0 aliphatic heterocycles. The third kappa shape index (κ3) is 4.67. The van der Waals surface area contributed by atoms with Crippen molar-refractivity contribution in [3.05, 3.63) is 71.3 Å². The van der Waals surface area contributed by atoms with Crippen LogP contribution in [0.15, 0.2) is 48.5 Å². The second-order valence-corrected chi connectivity index (χ2v) is 8.28. The molecule has 0 spiro atoms. The van der Waals surface area contributed by atoms with Crippen molar-refractivity contribution in [2.75, 3.05) is 6.54 Å². The molecule has 0 heterocycles. The van der Waals surface area contributed by atoms with Gasteiger partial charge in [0.1, 0.15) is 0 Å². The first-order chi connectivity index (χ1) is 14.0. The number of benzene rings is 2. The zero-order valence-electron chi connectivity index (χ0n) is 17.4. The first-order valence-corrected chi connectivity index (χ1v) is 10.6. The molecule has 0 N–H and O–H groups in total. The molecule has 1 saturated carbocycles.